The van der Waals surface area contributed by atoms with Crippen LogP contribution in [0.5, 0.6) is 0 Å². The summed E-state index contributed by atoms with van der Waals surface area (Å²) in [5, 5.41) is 0. The molecule has 0 N–H and O–H groups in total. The van der Waals surface area contributed by atoms with E-state index in [0.717, 1.165) is 6.54 Å². The number of hydrogen-bond donors (Lipinski definition) is 0. The van der Waals surface area contributed by atoms with Gasteiger partial charge in [0.25, 0.3) is 0 Å². The van der Waals surface area contributed by atoms with Crippen molar-refractivity contribution in [3.63, 3.8) is 0 Å². The molecule has 1 aliphatic heterocycles. The first kappa shape index (κ1) is 11.3. The summed E-state index contributed by atoms with van der Waals surface area (Å²) in [4.78, 5) is 2.53. The molecule has 2 aromatic carbocycles. The van der Waals surface area contributed by atoms with E-state index < -0.39 is 0 Å². The minimum Gasteiger partial charge on any atom is -0.367 e. The van der Waals surface area contributed by atoms with Crippen molar-refractivity contribution in [3.8, 4) is 0 Å². The van der Waals surface area contributed by atoms with Crippen LogP contribution in [0.4, 0.5) is 5.69 Å². The van der Waals surface area contributed by atoms with E-state index in [-0.39, 0.29) is 0 Å². The van der Waals surface area contributed by atoms with E-state index >= 15 is 0 Å². The molecule has 0 unspecified atom stereocenters. The molecule has 0 saturated carbocycles. The molecule has 2 aromatic rings. The predicted octanol–water partition coefficient (Wildman–Crippen LogP) is 3.95. The summed E-state index contributed by atoms with van der Waals surface area (Å²) in [5.74, 6) is 0. The van der Waals surface area contributed by atoms with E-state index in [1.807, 2.05) is 0 Å². The third-order valence-corrected chi connectivity index (χ3v) is 3.73. The first-order valence-electron chi connectivity index (χ1n) is 6.72. The lowest BCUT2D eigenvalue weighted by atomic mass is 9.98. The zero-order valence-electron chi connectivity index (χ0n) is 10.9. The molecule has 92 valence electrons. The summed E-state index contributed by atoms with van der Waals surface area (Å²) in [6, 6.07) is 17.4. The van der Waals surface area contributed by atoms with Crippen molar-refractivity contribution in [2.24, 2.45) is 0 Å². The molecule has 0 atom stereocenters. The summed E-state index contributed by atoms with van der Waals surface area (Å²) >= 11 is 0. The quantitative estimate of drug-likeness (QED) is 0.764. The number of anilines is 1. The van der Waals surface area contributed by atoms with Gasteiger partial charge in [-0.2, -0.15) is 0 Å². The second-order valence-electron chi connectivity index (χ2n) is 5.09. The molecule has 0 aliphatic carbocycles. The van der Waals surface area contributed by atoms with E-state index in [0.29, 0.717) is 0 Å². The van der Waals surface area contributed by atoms with Gasteiger partial charge in [0.15, 0.2) is 0 Å². The Hall–Kier alpha value is -1.76. The van der Waals surface area contributed by atoms with E-state index in [2.05, 4.69) is 60.4 Å². The zero-order valence-corrected chi connectivity index (χ0v) is 10.9. The van der Waals surface area contributed by atoms with Gasteiger partial charge in [-0.25, -0.2) is 0 Å². The molecule has 0 radical (unpaired) electrons. The van der Waals surface area contributed by atoms with E-state index in [1.165, 1.54) is 41.8 Å². The lowest BCUT2D eigenvalue weighted by Crippen LogP contribution is -2.29. The Bertz CT molecular complexity index is 531. The lowest BCUT2D eigenvalue weighted by Gasteiger charge is -2.33. The standard InChI is InChI=1S/C17H19N/c1-14-7-5-10-16-11-6-12-18(17(14)16)13-15-8-3-2-4-9-15/h2-5,7-10H,6,11-13H2,1H3. The minimum absolute atomic E-state index is 1.03. The van der Waals surface area contributed by atoms with Crippen molar-refractivity contribution in [2.45, 2.75) is 26.3 Å². The molecule has 1 aliphatic rings. The number of hydrogen-bond acceptors (Lipinski definition) is 1. The van der Waals surface area contributed by atoms with Crippen LogP contribution < -0.4 is 4.90 Å². The van der Waals surface area contributed by atoms with Gasteiger partial charge >= 0.3 is 0 Å². The Morgan fingerprint density at radius 1 is 1.00 bits per heavy atom. The van der Waals surface area contributed by atoms with Gasteiger partial charge in [0.1, 0.15) is 0 Å². The Labute approximate surface area is 109 Å². The Balaban J connectivity index is 1.92. The number of nitrogens with zero attached hydrogens (tertiary/aromatic N) is 1. The number of rotatable bonds is 2. The van der Waals surface area contributed by atoms with Crippen LogP contribution >= 0.6 is 0 Å². The minimum atomic E-state index is 1.03. The second-order valence-corrected chi connectivity index (χ2v) is 5.09. The average Bonchev–Trinajstić information content (AvgIpc) is 2.40. The molecule has 1 heterocycles. The summed E-state index contributed by atoms with van der Waals surface area (Å²) in [5.41, 5.74) is 5.78. The third-order valence-electron chi connectivity index (χ3n) is 3.73. The fourth-order valence-electron chi connectivity index (χ4n) is 2.91. The highest BCUT2D eigenvalue weighted by atomic mass is 15.1. The Morgan fingerprint density at radius 2 is 1.83 bits per heavy atom. The maximum absolute atomic E-state index is 2.53. The predicted molar refractivity (Wildman–Crippen MR) is 77.0 cm³/mol. The molecule has 0 fully saturated rings. The zero-order chi connectivity index (χ0) is 12.4. The van der Waals surface area contributed by atoms with Crippen LogP contribution in [-0.2, 0) is 13.0 Å². The molecule has 3 rings (SSSR count). The van der Waals surface area contributed by atoms with E-state index in [1.54, 1.807) is 0 Å². The van der Waals surface area contributed by atoms with Crippen LogP contribution in [0.15, 0.2) is 48.5 Å². The van der Waals surface area contributed by atoms with E-state index in [4.69, 9.17) is 0 Å². The van der Waals surface area contributed by atoms with Gasteiger partial charge in [-0.1, -0.05) is 48.5 Å². The number of benzene rings is 2. The molecular formula is C17H19N. The van der Waals surface area contributed by atoms with Crippen LogP contribution in [-0.4, -0.2) is 6.54 Å². The molecule has 0 bridgehead atoms. The monoisotopic (exact) mass is 237 g/mol. The maximum atomic E-state index is 2.53. The first-order valence-corrected chi connectivity index (χ1v) is 6.72. The van der Waals surface area contributed by atoms with Gasteiger partial charge in [0.05, 0.1) is 0 Å². The third kappa shape index (κ3) is 2.13. The topological polar surface area (TPSA) is 3.24 Å². The molecule has 0 aromatic heterocycles. The van der Waals surface area contributed by atoms with Crippen molar-refractivity contribution in [1.29, 1.82) is 0 Å². The molecule has 0 saturated heterocycles. The van der Waals surface area contributed by atoms with Crippen molar-refractivity contribution in [2.75, 3.05) is 11.4 Å². The smallest absolute Gasteiger partial charge is 0.0431 e. The van der Waals surface area contributed by atoms with Crippen molar-refractivity contribution in [1.82, 2.24) is 0 Å². The largest absolute Gasteiger partial charge is 0.367 e. The van der Waals surface area contributed by atoms with Crippen LogP contribution in [0.25, 0.3) is 0 Å². The highest BCUT2D eigenvalue weighted by Gasteiger charge is 2.18. The molecule has 0 spiro atoms. The SMILES string of the molecule is Cc1cccc2c1N(Cc1ccccc1)CCC2. The van der Waals surface area contributed by atoms with Crippen LogP contribution in [0, 0.1) is 6.92 Å². The van der Waals surface area contributed by atoms with Crippen molar-refractivity contribution in [3.05, 3.63) is 65.2 Å². The van der Waals surface area contributed by atoms with Crippen molar-refractivity contribution < 1.29 is 0 Å². The van der Waals surface area contributed by atoms with E-state index in [9.17, 15) is 0 Å². The lowest BCUT2D eigenvalue weighted by molar-refractivity contribution is 0.688. The highest BCUT2D eigenvalue weighted by molar-refractivity contribution is 5.61. The molecule has 18 heavy (non-hydrogen) atoms. The summed E-state index contributed by atoms with van der Waals surface area (Å²) in [6.07, 6.45) is 2.49. The summed E-state index contributed by atoms with van der Waals surface area (Å²) in [6.45, 7) is 4.42. The fourth-order valence-corrected chi connectivity index (χ4v) is 2.91. The van der Waals surface area contributed by atoms with Crippen LogP contribution in [0.3, 0.4) is 0 Å². The Kier molecular flexibility index (Phi) is 3.06. The normalized spacial score (nSPS) is 14.4. The Morgan fingerprint density at radius 3 is 2.67 bits per heavy atom. The van der Waals surface area contributed by atoms with Gasteiger partial charge < -0.3 is 4.90 Å². The molecule has 1 nitrogen and oxygen atoms in total. The highest BCUT2D eigenvalue weighted by Crippen LogP contribution is 2.31. The average molecular weight is 237 g/mol. The second kappa shape index (κ2) is 4.85. The molecule has 0 amide bonds. The van der Waals surface area contributed by atoms with Crippen LogP contribution in [0.2, 0.25) is 0 Å². The van der Waals surface area contributed by atoms with Gasteiger partial charge in [-0.3, -0.25) is 0 Å². The molecular weight excluding hydrogens is 218 g/mol. The number of aryl methyl sites for hydroxylation is 2. The van der Waals surface area contributed by atoms with Gasteiger partial charge in [-0.05, 0) is 36.5 Å². The fraction of sp³-hybridized carbons (Fsp3) is 0.294. The van der Waals surface area contributed by atoms with Crippen LogP contribution in [0.1, 0.15) is 23.1 Å². The molecule has 1 heteroatoms. The number of fused-ring (bicyclic) bond motifs is 1. The first-order chi connectivity index (χ1) is 8.84. The van der Waals surface area contributed by atoms with Gasteiger partial charge in [0.2, 0.25) is 0 Å². The summed E-state index contributed by atoms with van der Waals surface area (Å²) < 4.78 is 0. The number of para-hydroxylation sites is 1. The maximum Gasteiger partial charge on any atom is 0.0431 e. The van der Waals surface area contributed by atoms with Gasteiger partial charge in [-0.15, -0.1) is 0 Å². The summed E-state index contributed by atoms with van der Waals surface area (Å²) in [7, 11) is 0. The van der Waals surface area contributed by atoms with Crippen molar-refractivity contribution >= 4 is 5.69 Å². The van der Waals surface area contributed by atoms with Gasteiger partial charge in [0, 0.05) is 18.8 Å².